The van der Waals surface area contributed by atoms with E-state index in [0.29, 0.717) is 41.9 Å². The third-order valence-corrected chi connectivity index (χ3v) is 6.31. The van der Waals surface area contributed by atoms with Gasteiger partial charge in [0.15, 0.2) is 5.82 Å². The largest absolute Gasteiger partial charge is 0.493 e. The minimum Gasteiger partial charge on any atom is -0.493 e. The predicted molar refractivity (Wildman–Crippen MR) is 144 cm³/mol. The van der Waals surface area contributed by atoms with Gasteiger partial charge in [-0.25, -0.2) is 8.78 Å². The van der Waals surface area contributed by atoms with Crippen LogP contribution in [0.5, 0.6) is 5.75 Å². The van der Waals surface area contributed by atoms with E-state index in [9.17, 15) is 13.6 Å². The summed E-state index contributed by atoms with van der Waals surface area (Å²) in [5.74, 6) is -1.40. The van der Waals surface area contributed by atoms with Crippen LogP contribution in [0.25, 0.3) is 0 Å². The molecule has 0 saturated carbocycles. The fraction of sp³-hybridized carbons (Fsp3) is 0.407. The van der Waals surface area contributed by atoms with Crippen LogP contribution < -0.4 is 10.1 Å². The Morgan fingerprint density at radius 1 is 1.11 bits per heavy atom. The second kappa shape index (κ2) is 12.7. The lowest BCUT2D eigenvalue weighted by molar-refractivity contribution is 0.101. The molecule has 2 heterocycles. The summed E-state index contributed by atoms with van der Waals surface area (Å²) in [6.45, 7) is 9.15. The van der Waals surface area contributed by atoms with Crippen LogP contribution in [-0.4, -0.2) is 40.3 Å². The molecule has 1 aromatic heterocycles. The summed E-state index contributed by atoms with van der Waals surface area (Å²) in [6.07, 6.45) is 2.17. The molecule has 10 heteroatoms. The smallest absolute Gasteiger partial charge is 0.262 e. The summed E-state index contributed by atoms with van der Waals surface area (Å²) in [7, 11) is 0. The van der Waals surface area contributed by atoms with E-state index >= 15 is 0 Å². The standard InChI is InChI=1S/C27H31ClF2N4O2.ClH/c1-17(2)16-36-24-7-6-21(28)13-20(24)15-34-18(3)10-25(32-34)31-27(35)26-22(29)11-19(12-23(26)30)14-33-8-4-5-9-33;/h6-7,10-13,17H,4-5,8-9,14-16H2,1-3H3,(H,31,32,35);1H. The Labute approximate surface area is 227 Å². The van der Waals surface area contributed by atoms with Gasteiger partial charge in [0.05, 0.1) is 13.2 Å². The molecule has 1 N–H and O–H groups in total. The highest BCUT2D eigenvalue weighted by Gasteiger charge is 2.22. The Kier molecular flexibility index (Phi) is 9.93. The SMILES string of the molecule is Cc1cc(NC(=O)c2c(F)cc(CN3CCCC3)cc2F)nn1Cc1cc(Cl)ccc1OCC(C)C.Cl. The number of aryl methyl sites for hydroxylation is 1. The van der Waals surface area contributed by atoms with Gasteiger partial charge >= 0.3 is 0 Å². The number of halogens is 4. The first-order valence-corrected chi connectivity index (χ1v) is 12.5. The van der Waals surface area contributed by atoms with Crippen molar-refractivity contribution < 1.29 is 18.3 Å². The number of likely N-dealkylation sites (tertiary alicyclic amines) is 1. The zero-order chi connectivity index (χ0) is 25.8. The Morgan fingerprint density at radius 3 is 2.43 bits per heavy atom. The molecule has 2 aromatic carbocycles. The molecule has 200 valence electrons. The summed E-state index contributed by atoms with van der Waals surface area (Å²) in [5, 5.41) is 7.51. The highest BCUT2D eigenvalue weighted by atomic mass is 35.5. The lowest BCUT2D eigenvalue weighted by Gasteiger charge is -2.15. The molecule has 0 spiro atoms. The third-order valence-electron chi connectivity index (χ3n) is 6.07. The summed E-state index contributed by atoms with van der Waals surface area (Å²) in [4.78, 5) is 14.9. The highest BCUT2D eigenvalue weighted by Crippen LogP contribution is 2.26. The van der Waals surface area contributed by atoms with Crippen molar-refractivity contribution in [3.8, 4) is 5.75 Å². The van der Waals surface area contributed by atoms with Crippen LogP contribution in [0.1, 0.15) is 53.9 Å². The number of amides is 1. The highest BCUT2D eigenvalue weighted by molar-refractivity contribution is 6.30. The van der Waals surface area contributed by atoms with Gasteiger partial charge in [0, 0.05) is 28.9 Å². The van der Waals surface area contributed by atoms with Crippen molar-refractivity contribution >= 4 is 35.7 Å². The van der Waals surface area contributed by atoms with E-state index in [2.05, 4.69) is 29.2 Å². The third kappa shape index (κ3) is 7.43. The minimum absolute atomic E-state index is 0. The number of anilines is 1. The summed E-state index contributed by atoms with van der Waals surface area (Å²) < 4.78 is 37.1. The van der Waals surface area contributed by atoms with Crippen LogP contribution in [0.3, 0.4) is 0 Å². The Hall–Kier alpha value is -2.68. The molecular formula is C27H32Cl2F2N4O2. The van der Waals surface area contributed by atoms with Gasteiger partial charge in [-0.2, -0.15) is 5.10 Å². The van der Waals surface area contributed by atoms with Crippen LogP contribution in [0.2, 0.25) is 5.02 Å². The lowest BCUT2D eigenvalue weighted by atomic mass is 10.1. The zero-order valence-corrected chi connectivity index (χ0v) is 22.8. The number of ether oxygens (including phenoxy) is 1. The van der Waals surface area contributed by atoms with Crippen molar-refractivity contribution in [1.29, 1.82) is 0 Å². The van der Waals surface area contributed by atoms with Crippen molar-refractivity contribution in [2.24, 2.45) is 5.92 Å². The fourth-order valence-electron chi connectivity index (χ4n) is 4.27. The Morgan fingerprint density at radius 2 is 1.78 bits per heavy atom. The number of hydrogen-bond donors (Lipinski definition) is 1. The molecule has 0 bridgehead atoms. The van der Waals surface area contributed by atoms with E-state index in [4.69, 9.17) is 16.3 Å². The number of carbonyl (C=O) groups excluding carboxylic acids is 1. The number of carbonyl (C=O) groups is 1. The van der Waals surface area contributed by atoms with Gasteiger partial charge in [0.1, 0.15) is 22.9 Å². The van der Waals surface area contributed by atoms with Gasteiger partial charge in [-0.15, -0.1) is 12.4 Å². The second-order valence-corrected chi connectivity index (χ2v) is 10.1. The first kappa shape index (κ1) is 28.9. The maximum Gasteiger partial charge on any atom is 0.262 e. The van der Waals surface area contributed by atoms with Gasteiger partial charge in [-0.05, 0) is 74.7 Å². The quantitative estimate of drug-likeness (QED) is 0.330. The van der Waals surface area contributed by atoms with E-state index in [0.717, 1.165) is 37.2 Å². The van der Waals surface area contributed by atoms with E-state index in [1.165, 1.54) is 12.1 Å². The van der Waals surface area contributed by atoms with Crippen LogP contribution in [0, 0.1) is 24.5 Å². The molecule has 0 radical (unpaired) electrons. The number of benzene rings is 2. The number of nitrogens with one attached hydrogen (secondary N) is 1. The van der Waals surface area contributed by atoms with E-state index in [1.807, 2.05) is 19.1 Å². The topological polar surface area (TPSA) is 59.4 Å². The van der Waals surface area contributed by atoms with Crippen LogP contribution in [0.4, 0.5) is 14.6 Å². The monoisotopic (exact) mass is 552 g/mol. The molecule has 1 fully saturated rings. The molecule has 3 aromatic rings. The van der Waals surface area contributed by atoms with Gasteiger partial charge in [-0.3, -0.25) is 14.4 Å². The zero-order valence-electron chi connectivity index (χ0n) is 21.2. The normalized spacial score (nSPS) is 13.6. The molecular weight excluding hydrogens is 521 g/mol. The van der Waals surface area contributed by atoms with E-state index in [1.54, 1.807) is 16.8 Å². The first-order chi connectivity index (χ1) is 17.2. The molecule has 1 aliphatic rings. The summed E-state index contributed by atoms with van der Waals surface area (Å²) in [5.41, 5.74) is 1.48. The molecule has 1 aliphatic heterocycles. The lowest BCUT2D eigenvalue weighted by Crippen LogP contribution is -2.20. The summed E-state index contributed by atoms with van der Waals surface area (Å²) >= 11 is 6.20. The number of hydrogen-bond acceptors (Lipinski definition) is 4. The Balaban J connectivity index is 0.00000380. The Bertz CT molecular complexity index is 1220. The van der Waals surface area contributed by atoms with Crippen LogP contribution in [-0.2, 0) is 13.1 Å². The van der Waals surface area contributed by atoms with Crippen molar-refractivity contribution in [3.63, 3.8) is 0 Å². The van der Waals surface area contributed by atoms with Gasteiger partial charge < -0.3 is 10.1 Å². The average Bonchev–Trinajstić information content (AvgIpc) is 3.42. The first-order valence-electron chi connectivity index (χ1n) is 12.2. The van der Waals surface area contributed by atoms with Gasteiger partial charge in [0.25, 0.3) is 5.91 Å². The second-order valence-electron chi connectivity index (χ2n) is 9.66. The maximum atomic E-state index is 14.8. The molecule has 0 aliphatic carbocycles. The number of aromatic nitrogens is 2. The van der Waals surface area contributed by atoms with Crippen LogP contribution >= 0.6 is 24.0 Å². The molecule has 0 unspecified atom stereocenters. The maximum absolute atomic E-state index is 14.8. The van der Waals surface area contributed by atoms with Gasteiger partial charge in [0.2, 0.25) is 0 Å². The molecule has 1 amide bonds. The molecule has 1 saturated heterocycles. The number of rotatable bonds is 9. The molecule has 6 nitrogen and oxygen atoms in total. The molecule has 37 heavy (non-hydrogen) atoms. The number of nitrogens with zero attached hydrogens (tertiary/aromatic N) is 3. The molecule has 4 rings (SSSR count). The summed E-state index contributed by atoms with van der Waals surface area (Å²) in [6, 6.07) is 9.51. The van der Waals surface area contributed by atoms with Crippen molar-refractivity contribution in [2.75, 3.05) is 25.0 Å². The predicted octanol–water partition coefficient (Wildman–Crippen LogP) is 6.48. The van der Waals surface area contributed by atoms with Crippen LogP contribution in [0.15, 0.2) is 36.4 Å². The van der Waals surface area contributed by atoms with Crippen molar-refractivity contribution in [1.82, 2.24) is 14.7 Å². The van der Waals surface area contributed by atoms with Crippen molar-refractivity contribution in [2.45, 2.75) is 46.7 Å². The molecule has 0 atom stereocenters. The fourth-order valence-corrected chi connectivity index (χ4v) is 4.47. The van der Waals surface area contributed by atoms with E-state index < -0.39 is 23.1 Å². The average molecular weight is 553 g/mol. The van der Waals surface area contributed by atoms with Gasteiger partial charge in [-0.1, -0.05) is 25.4 Å². The van der Waals surface area contributed by atoms with Crippen molar-refractivity contribution in [3.05, 3.63) is 75.4 Å². The minimum atomic E-state index is -0.885. The van der Waals surface area contributed by atoms with E-state index in [-0.39, 0.29) is 18.2 Å².